The van der Waals surface area contributed by atoms with Crippen molar-refractivity contribution < 1.29 is 9.18 Å². The summed E-state index contributed by atoms with van der Waals surface area (Å²) < 4.78 is 18.2. The molecule has 21 heavy (non-hydrogen) atoms. The Morgan fingerprint density at radius 1 is 1.33 bits per heavy atom. The number of halogens is 2. The minimum Gasteiger partial charge on any atom is -0.319 e. The van der Waals surface area contributed by atoms with Gasteiger partial charge in [0, 0.05) is 4.47 Å². The smallest absolute Gasteiger partial charge is 0.269 e. The third-order valence-corrected chi connectivity index (χ3v) is 4.72. The van der Waals surface area contributed by atoms with Crippen LogP contribution in [0.4, 0.5) is 10.1 Å². The van der Waals surface area contributed by atoms with Crippen molar-refractivity contribution in [2.45, 2.75) is 0 Å². The van der Waals surface area contributed by atoms with Crippen molar-refractivity contribution >= 4 is 50.4 Å². The highest BCUT2D eigenvalue weighted by Crippen LogP contribution is 2.29. The number of amides is 1. The molecule has 2 aromatic heterocycles. The maximum absolute atomic E-state index is 13.8. The van der Waals surface area contributed by atoms with E-state index in [1.807, 2.05) is 17.5 Å². The first-order valence-corrected chi connectivity index (χ1v) is 8.22. The molecule has 1 aromatic carbocycles. The van der Waals surface area contributed by atoms with Gasteiger partial charge in [0.05, 0.1) is 10.6 Å². The van der Waals surface area contributed by atoms with Crippen molar-refractivity contribution in [3.05, 3.63) is 50.9 Å². The van der Waals surface area contributed by atoms with Gasteiger partial charge in [-0.3, -0.25) is 4.79 Å². The highest BCUT2D eigenvalue weighted by molar-refractivity contribution is 9.10. The van der Waals surface area contributed by atoms with Crippen LogP contribution in [0.1, 0.15) is 9.67 Å². The number of carbonyl (C=O) groups excluding carboxylic acids is 1. The molecule has 0 atom stereocenters. The molecule has 0 saturated carbocycles. The van der Waals surface area contributed by atoms with E-state index < -0.39 is 11.7 Å². The minimum atomic E-state index is -0.507. The zero-order chi connectivity index (χ0) is 14.8. The first-order valence-electron chi connectivity index (χ1n) is 5.78. The lowest BCUT2D eigenvalue weighted by Crippen LogP contribution is -2.12. The summed E-state index contributed by atoms with van der Waals surface area (Å²) in [5.41, 5.74) is 0.638. The van der Waals surface area contributed by atoms with Crippen molar-refractivity contribution in [1.82, 2.24) is 9.59 Å². The summed E-state index contributed by atoms with van der Waals surface area (Å²) >= 11 is 5.62. The van der Waals surface area contributed by atoms with Crippen molar-refractivity contribution in [3.8, 4) is 10.6 Å². The van der Waals surface area contributed by atoms with Gasteiger partial charge in [0.1, 0.15) is 16.4 Å². The second-order valence-electron chi connectivity index (χ2n) is 4.01. The summed E-state index contributed by atoms with van der Waals surface area (Å²) in [6, 6.07) is 8.18. The highest BCUT2D eigenvalue weighted by atomic mass is 79.9. The van der Waals surface area contributed by atoms with E-state index >= 15 is 0 Å². The van der Waals surface area contributed by atoms with Gasteiger partial charge in [-0.25, -0.2) is 4.39 Å². The number of thiophene rings is 1. The third-order valence-electron chi connectivity index (χ3n) is 2.63. The van der Waals surface area contributed by atoms with Gasteiger partial charge in [-0.05, 0) is 41.2 Å². The molecule has 0 spiro atoms. The van der Waals surface area contributed by atoms with Crippen molar-refractivity contribution in [2.75, 3.05) is 5.32 Å². The van der Waals surface area contributed by atoms with Crippen LogP contribution in [0.2, 0.25) is 0 Å². The van der Waals surface area contributed by atoms with Gasteiger partial charge in [0.15, 0.2) is 0 Å². The average Bonchev–Trinajstić information content (AvgIpc) is 3.10. The zero-order valence-electron chi connectivity index (χ0n) is 10.3. The van der Waals surface area contributed by atoms with Gasteiger partial charge in [0.2, 0.25) is 0 Å². The Bertz CT molecular complexity index is 789. The molecule has 0 aliphatic carbocycles. The number of anilines is 1. The van der Waals surface area contributed by atoms with E-state index in [0.717, 1.165) is 16.4 Å². The monoisotopic (exact) mass is 383 g/mol. The predicted octanol–water partition coefficient (Wildman–Crippen LogP) is 4.42. The largest absolute Gasteiger partial charge is 0.319 e. The molecular formula is C13H7BrFN3OS2. The summed E-state index contributed by atoms with van der Waals surface area (Å²) in [6.45, 7) is 0. The van der Waals surface area contributed by atoms with E-state index in [2.05, 4.69) is 30.8 Å². The molecule has 0 aliphatic rings. The van der Waals surface area contributed by atoms with Gasteiger partial charge >= 0.3 is 0 Å². The second-order valence-corrected chi connectivity index (χ2v) is 6.62. The van der Waals surface area contributed by atoms with Crippen molar-refractivity contribution in [2.24, 2.45) is 0 Å². The molecule has 1 amide bonds. The van der Waals surface area contributed by atoms with E-state index in [9.17, 15) is 9.18 Å². The van der Waals surface area contributed by atoms with E-state index in [0.29, 0.717) is 15.0 Å². The normalized spacial score (nSPS) is 10.6. The molecule has 4 nitrogen and oxygen atoms in total. The van der Waals surface area contributed by atoms with Crippen LogP contribution in [0.3, 0.4) is 0 Å². The maximum Gasteiger partial charge on any atom is 0.269 e. The number of nitrogens with one attached hydrogen (secondary N) is 1. The van der Waals surface area contributed by atoms with Crippen LogP contribution in [-0.2, 0) is 0 Å². The summed E-state index contributed by atoms with van der Waals surface area (Å²) in [7, 11) is 0. The van der Waals surface area contributed by atoms with Crippen LogP contribution in [0.25, 0.3) is 10.6 Å². The summed E-state index contributed by atoms with van der Waals surface area (Å²) in [6.07, 6.45) is 0. The average molecular weight is 384 g/mol. The first kappa shape index (κ1) is 14.3. The Morgan fingerprint density at radius 3 is 2.90 bits per heavy atom. The molecule has 3 aromatic rings. The second kappa shape index (κ2) is 6.00. The van der Waals surface area contributed by atoms with Crippen LogP contribution in [0.15, 0.2) is 40.2 Å². The van der Waals surface area contributed by atoms with Crippen LogP contribution in [0, 0.1) is 5.82 Å². The van der Waals surface area contributed by atoms with E-state index in [4.69, 9.17) is 0 Å². The third kappa shape index (κ3) is 3.02. The molecule has 0 saturated heterocycles. The quantitative estimate of drug-likeness (QED) is 0.727. The number of rotatable bonds is 3. The summed E-state index contributed by atoms with van der Waals surface area (Å²) in [4.78, 5) is 13.5. The van der Waals surface area contributed by atoms with Crippen molar-refractivity contribution in [1.29, 1.82) is 0 Å². The lowest BCUT2D eigenvalue weighted by atomic mass is 10.2. The molecule has 0 fully saturated rings. The molecule has 8 heteroatoms. The molecule has 1 N–H and O–H groups in total. The maximum atomic E-state index is 13.8. The number of carbonyl (C=O) groups is 1. The molecule has 106 valence electrons. The lowest BCUT2D eigenvalue weighted by Gasteiger charge is -2.05. The van der Waals surface area contributed by atoms with Crippen LogP contribution < -0.4 is 5.32 Å². The number of benzene rings is 1. The Balaban J connectivity index is 1.88. The standard InChI is InChI=1S/C13H7BrFN3OS2/c14-7-3-4-9(8(15)6-7)16-13(19)12-11(17-18-21-12)10-2-1-5-20-10/h1-6H,(H,16,19). The Kier molecular flexibility index (Phi) is 4.09. The topological polar surface area (TPSA) is 54.9 Å². The molecule has 3 rings (SSSR count). The Hall–Kier alpha value is -1.64. The van der Waals surface area contributed by atoms with Crippen LogP contribution in [0.5, 0.6) is 0 Å². The Labute approximate surface area is 135 Å². The highest BCUT2D eigenvalue weighted by Gasteiger charge is 2.19. The van der Waals surface area contributed by atoms with E-state index in [1.165, 1.54) is 23.5 Å². The van der Waals surface area contributed by atoms with E-state index in [1.54, 1.807) is 6.07 Å². The zero-order valence-corrected chi connectivity index (χ0v) is 13.6. The Morgan fingerprint density at radius 2 is 2.19 bits per heavy atom. The van der Waals surface area contributed by atoms with E-state index in [-0.39, 0.29) is 5.69 Å². The van der Waals surface area contributed by atoms with Crippen LogP contribution in [-0.4, -0.2) is 15.5 Å². The number of hydrogen-bond donors (Lipinski definition) is 1. The number of aromatic nitrogens is 2. The molecule has 0 radical (unpaired) electrons. The molecule has 0 aliphatic heterocycles. The SMILES string of the molecule is O=C(Nc1ccc(Br)cc1F)c1snnc1-c1cccs1. The first-order chi connectivity index (χ1) is 10.1. The van der Waals surface area contributed by atoms with Gasteiger partial charge in [-0.1, -0.05) is 26.5 Å². The molecular weight excluding hydrogens is 377 g/mol. The summed E-state index contributed by atoms with van der Waals surface area (Å²) in [5.74, 6) is -0.928. The fraction of sp³-hybridized carbons (Fsp3) is 0. The fourth-order valence-corrected chi connectivity index (χ4v) is 3.37. The van der Waals surface area contributed by atoms with Gasteiger partial charge in [-0.15, -0.1) is 16.4 Å². The molecule has 0 bridgehead atoms. The fourth-order valence-electron chi connectivity index (χ4n) is 1.68. The number of nitrogens with zero attached hydrogens (tertiary/aromatic N) is 2. The predicted molar refractivity (Wildman–Crippen MR) is 85.3 cm³/mol. The van der Waals surface area contributed by atoms with Crippen LogP contribution >= 0.6 is 38.8 Å². The minimum absolute atomic E-state index is 0.119. The molecule has 2 heterocycles. The van der Waals surface area contributed by atoms with Gasteiger partial charge < -0.3 is 5.32 Å². The van der Waals surface area contributed by atoms with Crippen molar-refractivity contribution in [3.63, 3.8) is 0 Å². The number of hydrogen-bond acceptors (Lipinski definition) is 5. The van der Waals surface area contributed by atoms with Gasteiger partial charge in [-0.2, -0.15) is 0 Å². The molecule has 0 unspecified atom stereocenters. The lowest BCUT2D eigenvalue weighted by molar-refractivity contribution is 0.103. The van der Waals surface area contributed by atoms with Gasteiger partial charge in [0.25, 0.3) is 5.91 Å². The summed E-state index contributed by atoms with van der Waals surface area (Å²) in [5, 5.41) is 8.41.